The molecule has 5 heteroatoms. The van der Waals surface area contributed by atoms with Crippen LogP contribution in [0.2, 0.25) is 0 Å². The summed E-state index contributed by atoms with van der Waals surface area (Å²) in [7, 11) is 0. The molecule has 25 heavy (non-hydrogen) atoms. The zero-order valence-corrected chi connectivity index (χ0v) is 14.8. The average molecular weight is 338 g/mol. The molecule has 1 N–H and O–H groups in total. The Labute approximate surface area is 149 Å². The average Bonchev–Trinajstić information content (AvgIpc) is 3.41. The molecular formula is C20H26N4O. The van der Waals surface area contributed by atoms with E-state index >= 15 is 0 Å². The Morgan fingerprint density at radius 1 is 1.16 bits per heavy atom. The van der Waals surface area contributed by atoms with Gasteiger partial charge in [0.2, 0.25) is 0 Å². The third kappa shape index (κ3) is 3.61. The molecule has 0 spiro atoms. The molecule has 1 aliphatic heterocycles. The number of benzene rings is 1. The summed E-state index contributed by atoms with van der Waals surface area (Å²) >= 11 is 0. The number of amides is 1. The smallest absolute Gasteiger partial charge is 0.257 e. The van der Waals surface area contributed by atoms with Crippen molar-refractivity contribution in [3.05, 3.63) is 47.8 Å². The van der Waals surface area contributed by atoms with Crippen molar-refractivity contribution in [3.8, 4) is 5.69 Å². The van der Waals surface area contributed by atoms with E-state index in [2.05, 4.69) is 10.4 Å². The summed E-state index contributed by atoms with van der Waals surface area (Å²) in [6.07, 6.45) is 6.57. The van der Waals surface area contributed by atoms with E-state index in [0.29, 0.717) is 11.6 Å². The van der Waals surface area contributed by atoms with E-state index in [1.807, 2.05) is 46.8 Å². The SMILES string of the molecule is Cc1c(C(=O)N2CCC(NCC3CC3)CC2)cnn1-c1ccccc1. The first-order valence-corrected chi connectivity index (χ1v) is 9.35. The maximum atomic E-state index is 12.9. The van der Waals surface area contributed by atoms with Crippen molar-refractivity contribution in [1.82, 2.24) is 20.0 Å². The van der Waals surface area contributed by atoms with E-state index in [4.69, 9.17) is 0 Å². The summed E-state index contributed by atoms with van der Waals surface area (Å²) in [6, 6.07) is 10.5. The first-order chi connectivity index (χ1) is 12.2. The lowest BCUT2D eigenvalue weighted by atomic mass is 10.0. The number of aromatic nitrogens is 2. The van der Waals surface area contributed by atoms with Crippen molar-refractivity contribution in [2.75, 3.05) is 19.6 Å². The van der Waals surface area contributed by atoms with Crippen LogP contribution in [0.1, 0.15) is 41.7 Å². The van der Waals surface area contributed by atoms with E-state index < -0.39 is 0 Å². The predicted molar refractivity (Wildman–Crippen MR) is 98.0 cm³/mol. The van der Waals surface area contributed by atoms with Crippen LogP contribution in [0.25, 0.3) is 5.69 Å². The van der Waals surface area contributed by atoms with Crippen LogP contribution in [0, 0.1) is 12.8 Å². The lowest BCUT2D eigenvalue weighted by molar-refractivity contribution is 0.0704. The number of likely N-dealkylation sites (tertiary alicyclic amines) is 1. The molecule has 0 unspecified atom stereocenters. The standard InChI is InChI=1S/C20H26N4O/c1-15-19(14-22-24(15)18-5-3-2-4-6-18)20(25)23-11-9-17(10-12-23)21-13-16-7-8-16/h2-6,14,16-17,21H,7-13H2,1H3. The fourth-order valence-electron chi connectivity index (χ4n) is 3.56. The highest BCUT2D eigenvalue weighted by atomic mass is 16.2. The maximum absolute atomic E-state index is 12.9. The molecule has 1 saturated heterocycles. The lowest BCUT2D eigenvalue weighted by Crippen LogP contribution is -2.45. The zero-order valence-electron chi connectivity index (χ0n) is 14.8. The summed E-state index contributed by atoms with van der Waals surface area (Å²) in [5.41, 5.74) is 2.61. The number of hydrogen-bond acceptors (Lipinski definition) is 3. The van der Waals surface area contributed by atoms with E-state index in [9.17, 15) is 4.79 Å². The number of nitrogens with zero attached hydrogens (tertiary/aromatic N) is 3. The minimum atomic E-state index is 0.111. The molecule has 0 bridgehead atoms. The number of para-hydroxylation sites is 1. The minimum Gasteiger partial charge on any atom is -0.338 e. The first kappa shape index (κ1) is 16.3. The number of piperidine rings is 1. The van der Waals surface area contributed by atoms with E-state index in [-0.39, 0.29) is 5.91 Å². The van der Waals surface area contributed by atoms with Gasteiger partial charge in [-0.1, -0.05) is 18.2 Å². The highest BCUT2D eigenvalue weighted by molar-refractivity contribution is 5.95. The van der Waals surface area contributed by atoms with Crippen molar-refractivity contribution >= 4 is 5.91 Å². The summed E-state index contributed by atoms with van der Waals surface area (Å²) in [5.74, 6) is 1.02. The Morgan fingerprint density at radius 2 is 1.88 bits per heavy atom. The van der Waals surface area contributed by atoms with Crippen LogP contribution in [0.5, 0.6) is 0 Å². The highest BCUT2D eigenvalue weighted by Crippen LogP contribution is 2.28. The highest BCUT2D eigenvalue weighted by Gasteiger charge is 2.27. The van der Waals surface area contributed by atoms with Crippen molar-refractivity contribution in [3.63, 3.8) is 0 Å². The van der Waals surface area contributed by atoms with Gasteiger partial charge in [0.25, 0.3) is 5.91 Å². The quantitative estimate of drug-likeness (QED) is 0.912. The van der Waals surface area contributed by atoms with Crippen molar-refractivity contribution in [2.24, 2.45) is 5.92 Å². The van der Waals surface area contributed by atoms with Crippen molar-refractivity contribution < 1.29 is 4.79 Å². The van der Waals surface area contributed by atoms with Gasteiger partial charge in [0.15, 0.2) is 0 Å². The van der Waals surface area contributed by atoms with Gasteiger partial charge >= 0.3 is 0 Å². The fourth-order valence-corrected chi connectivity index (χ4v) is 3.56. The molecule has 1 saturated carbocycles. The first-order valence-electron chi connectivity index (χ1n) is 9.35. The second-order valence-corrected chi connectivity index (χ2v) is 7.31. The van der Waals surface area contributed by atoms with Gasteiger partial charge in [-0.05, 0) is 57.2 Å². The third-order valence-corrected chi connectivity index (χ3v) is 5.42. The topological polar surface area (TPSA) is 50.2 Å². The molecule has 132 valence electrons. The van der Waals surface area contributed by atoms with Gasteiger partial charge < -0.3 is 10.2 Å². The Balaban J connectivity index is 1.39. The number of nitrogens with one attached hydrogen (secondary N) is 1. The van der Waals surface area contributed by atoms with Crippen molar-refractivity contribution in [2.45, 2.75) is 38.6 Å². The predicted octanol–water partition coefficient (Wildman–Crippen LogP) is 2.78. The minimum absolute atomic E-state index is 0.111. The van der Waals surface area contributed by atoms with E-state index in [1.54, 1.807) is 6.20 Å². The molecule has 1 aromatic heterocycles. The van der Waals surface area contributed by atoms with Gasteiger partial charge in [-0.25, -0.2) is 4.68 Å². The van der Waals surface area contributed by atoms with Gasteiger partial charge in [-0.2, -0.15) is 5.10 Å². The van der Waals surface area contributed by atoms with Crippen LogP contribution in [-0.2, 0) is 0 Å². The van der Waals surface area contributed by atoms with Gasteiger partial charge in [0, 0.05) is 19.1 Å². The van der Waals surface area contributed by atoms with Gasteiger partial charge in [0.1, 0.15) is 0 Å². The second-order valence-electron chi connectivity index (χ2n) is 7.31. The normalized spacial score (nSPS) is 18.5. The summed E-state index contributed by atoms with van der Waals surface area (Å²) < 4.78 is 1.84. The molecule has 5 nitrogen and oxygen atoms in total. The lowest BCUT2D eigenvalue weighted by Gasteiger charge is -2.32. The van der Waals surface area contributed by atoms with Crippen LogP contribution in [-0.4, -0.2) is 46.3 Å². The molecule has 2 aromatic rings. The summed E-state index contributed by atoms with van der Waals surface area (Å²) in [6.45, 7) is 4.78. The molecule has 2 fully saturated rings. The molecule has 1 aliphatic carbocycles. The summed E-state index contributed by atoms with van der Waals surface area (Å²) in [4.78, 5) is 14.9. The monoisotopic (exact) mass is 338 g/mol. The van der Waals surface area contributed by atoms with Gasteiger partial charge in [-0.3, -0.25) is 4.79 Å². The molecule has 1 amide bonds. The van der Waals surface area contributed by atoms with Crippen LogP contribution < -0.4 is 5.32 Å². The van der Waals surface area contributed by atoms with E-state index in [1.165, 1.54) is 12.8 Å². The molecule has 0 radical (unpaired) electrons. The van der Waals surface area contributed by atoms with Gasteiger partial charge in [0.05, 0.1) is 23.1 Å². The fraction of sp³-hybridized carbons (Fsp3) is 0.500. The van der Waals surface area contributed by atoms with Crippen LogP contribution in [0.15, 0.2) is 36.5 Å². The molecule has 2 aliphatic rings. The van der Waals surface area contributed by atoms with Gasteiger partial charge in [-0.15, -0.1) is 0 Å². The maximum Gasteiger partial charge on any atom is 0.257 e. The molecular weight excluding hydrogens is 312 g/mol. The third-order valence-electron chi connectivity index (χ3n) is 5.42. The molecule has 1 aromatic carbocycles. The number of rotatable bonds is 5. The van der Waals surface area contributed by atoms with Crippen LogP contribution in [0.3, 0.4) is 0 Å². The number of carbonyl (C=O) groups is 1. The second kappa shape index (κ2) is 7.00. The molecule has 2 heterocycles. The van der Waals surface area contributed by atoms with E-state index in [0.717, 1.165) is 49.8 Å². The number of hydrogen-bond donors (Lipinski definition) is 1. The Bertz CT molecular complexity index is 727. The summed E-state index contributed by atoms with van der Waals surface area (Å²) in [5, 5.41) is 8.09. The Morgan fingerprint density at radius 3 is 2.56 bits per heavy atom. The Hall–Kier alpha value is -2.14. The zero-order chi connectivity index (χ0) is 17.2. The number of carbonyl (C=O) groups excluding carboxylic acids is 1. The molecule has 4 rings (SSSR count). The molecule has 0 atom stereocenters. The largest absolute Gasteiger partial charge is 0.338 e. The van der Waals surface area contributed by atoms with Crippen LogP contribution >= 0.6 is 0 Å². The van der Waals surface area contributed by atoms with Crippen LogP contribution in [0.4, 0.5) is 0 Å². The van der Waals surface area contributed by atoms with Crippen molar-refractivity contribution in [1.29, 1.82) is 0 Å². The Kier molecular flexibility index (Phi) is 4.57.